The lowest BCUT2D eigenvalue weighted by atomic mass is 10.2. The number of aliphatic hydroxyl groups is 1. The summed E-state index contributed by atoms with van der Waals surface area (Å²) in [5.41, 5.74) is -0.246. The molecule has 0 saturated heterocycles. The molecule has 0 spiro atoms. The summed E-state index contributed by atoms with van der Waals surface area (Å²) in [6.45, 7) is -0.309. The molecule has 1 amide bonds. The molecule has 3 N–H and O–H groups in total. The number of aliphatic hydroxyl groups excluding tert-OH is 1. The zero-order valence-corrected chi connectivity index (χ0v) is 15.8. The number of carbonyl (C=O) groups excluding carboxylic acids is 1. The Hall–Kier alpha value is -3.38. The topological polar surface area (TPSA) is 133 Å². The number of amides is 1. The van der Waals surface area contributed by atoms with Gasteiger partial charge in [-0.25, -0.2) is 17.5 Å². The molecule has 0 aliphatic carbocycles. The van der Waals surface area contributed by atoms with E-state index in [1.807, 2.05) is 5.92 Å². The summed E-state index contributed by atoms with van der Waals surface area (Å²) in [6, 6.07) is 3.99. The molecule has 2 aromatic rings. The Bertz CT molecular complexity index is 1180. The Morgan fingerprint density at radius 3 is 2.93 bits per heavy atom. The van der Waals surface area contributed by atoms with E-state index in [4.69, 9.17) is 16.4 Å². The first-order valence-electron chi connectivity index (χ1n) is 8.17. The Balaban J connectivity index is 1.97. The van der Waals surface area contributed by atoms with Crippen molar-refractivity contribution in [3.63, 3.8) is 0 Å². The Labute approximate surface area is 165 Å². The molecular weight excluding hydrogens is 403 g/mol. The first kappa shape index (κ1) is 20.4. The SMILES string of the molecule is C#C[C@H](O)[C@H]1COc2c(cn(C)c2C(=O)Nc2ccc(F)c(C#N)c2)S(=O)(=O)N1. The second-order valence-corrected chi connectivity index (χ2v) is 7.88. The maximum Gasteiger partial charge on any atom is 0.276 e. The van der Waals surface area contributed by atoms with Crippen molar-refractivity contribution in [1.29, 1.82) is 5.26 Å². The van der Waals surface area contributed by atoms with Crippen LogP contribution in [0.15, 0.2) is 29.3 Å². The lowest BCUT2D eigenvalue weighted by molar-refractivity contribution is 0.101. The van der Waals surface area contributed by atoms with E-state index in [1.54, 1.807) is 6.07 Å². The van der Waals surface area contributed by atoms with Gasteiger partial charge in [0.2, 0.25) is 10.0 Å². The maximum atomic E-state index is 13.5. The van der Waals surface area contributed by atoms with Gasteiger partial charge in [0.05, 0.1) is 11.6 Å². The van der Waals surface area contributed by atoms with Gasteiger partial charge in [0.1, 0.15) is 29.5 Å². The van der Waals surface area contributed by atoms with Gasteiger partial charge in [-0.1, -0.05) is 5.92 Å². The molecule has 3 rings (SSSR count). The number of rotatable bonds is 3. The highest BCUT2D eigenvalue weighted by atomic mass is 32.2. The number of fused-ring (bicyclic) bond motifs is 1. The largest absolute Gasteiger partial charge is 0.488 e. The van der Waals surface area contributed by atoms with Crippen molar-refractivity contribution in [3.05, 3.63) is 41.5 Å². The summed E-state index contributed by atoms with van der Waals surface area (Å²) in [7, 11) is -2.69. The Morgan fingerprint density at radius 1 is 1.55 bits per heavy atom. The predicted molar refractivity (Wildman–Crippen MR) is 98.9 cm³/mol. The van der Waals surface area contributed by atoms with E-state index in [0.29, 0.717) is 0 Å². The molecule has 0 unspecified atom stereocenters. The summed E-state index contributed by atoms with van der Waals surface area (Å²) in [6.07, 6.45) is 4.89. The fraction of sp³-hybridized carbons (Fsp3) is 0.222. The van der Waals surface area contributed by atoms with Crippen molar-refractivity contribution in [1.82, 2.24) is 9.29 Å². The van der Waals surface area contributed by atoms with Crippen molar-refractivity contribution < 1.29 is 27.4 Å². The van der Waals surface area contributed by atoms with Crippen LogP contribution in [0, 0.1) is 29.5 Å². The number of nitrogens with one attached hydrogen (secondary N) is 2. The molecule has 1 aliphatic rings. The van der Waals surface area contributed by atoms with E-state index in [0.717, 1.165) is 12.1 Å². The van der Waals surface area contributed by atoms with Crippen LogP contribution in [0.4, 0.5) is 10.1 Å². The number of carbonyl (C=O) groups is 1. The second-order valence-electron chi connectivity index (χ2n) is 6.19. The van der Waals surface area contributed by atoms with Crippen LogP contribution in [-0.4, -0.2) is 42.8 Å². The lowest BCUT2D eigenvalue weighted by Gasteiger charge is -2.17. The molecule has 0 bridgehead atoms. The van der Waals surface area contributed by atoms with Gasteiger partial charge in [-0.3, -0.25) is 4.79 Å². The molecule has 1 aromatic heterocycles. The monoisotopic (exact) mass is 418 g/mol. The van der Waals surface area contributed by atoms with E-state index in [2.05, 4.69) is 10.0 Å². The first-order chi connectivity index (χ1) is 13.7. The molecule has 9 nitrogen and oxygen atoms in total. The molecular formula is C18H15FN4O5S. The Morgan fingerprint density at radius 2 is 2.28 bits per heavy atom. The quantitative estimate of drug-likeness (QED) is 0.615. The summed E-state index contributed by atoms with van der Waals surface area (Å²) < 4.78 is 47.7. The maximum absolute atomic E-state index is 13.5. The number of nitrogens with zero attached hydrogens (tertiary/aromatic N) is 2. The fourth-order valence-corrected chi connectivity index (χ4v) is 4.21. The number of hydrogen-bond acceptors (Lipinski definition) is 6. The van der Waals surface area contributed by atoms with Gasteiger partial charge in [-0.15, -0.1) is 6.42 Å². The van der Waals surface area contributed by atoms with Gasteiger partial charge >= 0.3 is 0 Å². The zero-order chi connectivity index (χ0) is 21.3. The molecule has 2 atom stereocenters. The van der Waals surface area contributed by atoms with Crippen LogP contribution in [0.3, 0.4) is 0 Å². The third kappa shape index (κ3) is 3.79. The number of benzene rings is 1. The van der Waals surface area contributed by atoms with E-state index in [9.17, 15) is 22.7 Å². The molecule has 11 heteroatoms. The summed E-state index contributed by atoms with van der Waals surface area (Å²) >= 11 is 0. The van der Waals surface area contributed by atoms with Crippen molar-refractivity contribution in [3.8, 4) is 24.2 Å². The molecule has 0 saturated carbocycles. The summed E-state index contributed by atoms with van der Waals surface area (Å²) in [5, 5.41) is 21.2. The van der Waals surface area contributed by atoms with E-state index >= 15 is 0 Å². The van der Waals surface area contributed by atoms with Crippen molar-refractivity contribution >= 4 is 21.6 Å². The highest BCUT2D eigenvalue weighted by molar-refractivity contribution is 7.89. The number of nitriles is 1. The van der Waals surface area contributed by atoms with E-state index in [-0.39, 0.29) is 34.2 Å². The number of aromatic nitrogens is 1. The van der Waals surface area contributed by atoms with Crippen molar-refractivity contribution in [2.75, 3.05) is 11.9 Å². The predicted octanol–water partition coefficient (Wildman–Crippen LogP) is 0.322. The molecule has 150 valence electrons. The van der Waals surface area contributed by atoms with E-state index < -0.39 is 33.9 Å². The number of anilines is 1. The molecule has 2 heterocycles. The van der Waals surface area contributed by atoms with Crippen LogP contribution in [0.25, 0.3) is 0 Å². The van der Waals surface area contributed by atoms with Crippen LogP contribution < -0.4 is 14.8 Å². The number of terminal acetylenes is 1. The normalized spacial score (nSPS) is 18.3. The summed E-state index contributed by atoms with van der Waals surface area (Å²) in [4.78, 5) is 12.5. The highest BCUT2D eigenvalue weighted by Gasteiger charge is 2.36. The van der Waals surface area contributed by atoms with Gasteiger partial charge in [0.25, 0.3) is 5.91 Å². The lowest BCUT2D eigenvalue weighted by Crippen LogP contribution is -2.44. The molecule has 0 fully saturated rings. The van der Waals surface area contributed by atoms with Gasteiger partial charge < -0.3 is 19.7 Å². The minimum absolute atomic E-state index is 0.121. The van der Waals surface area contributed by atoms with Gasteiger partial charge in [0, 0.05) is 18.9 Å². The minimum atomic E-state index is -4.13. The second kappa shape index (κ2) is 7.56. The van der Waals surface area contributed by atoms with Gasteiger partial charge in [0.15, 0.2) is 11.4 Å². The third-order valence-electron chi connectivity index (χ3n) is 4.22. The number of sulfonamides is 1. The van der Waals surface area contributed by atoms with Crippen LogP contribution in [0.2, 0.25) is 0 Å². The standard InChI is InChI=1S/C18H15FN4O5S/c1-3-14(24)13-9-28-17-15(29(26,27)22-13)8-23(2)16(17)18(25)21-11-4-5-12(19)10(6-11)7-20/h1,4-6,8,13-14,22,24H,9H2,2H3,(H,21,25)/t13-,14+/m1/s1. The first-order valence-corrected chi connectivity index (χ1v) is 9.66. The van der Waals surface area contributed by atoms with Crippen molar-refractivity contribution in [2.24, 2.45) is 7.05 Å². The third-order valence-corrected chi connectivity index (χ3v) is 5.70. The fourth-order valence-electron chi connectivity index (χ4n) is 2.79. The molecule has 29 heavy (non-hydrogen) atoms. The van der Waals surface area contributed by atoms with Gasteiger partial charge in [-0.2, -0.15) is 5.26 Å². The number of ether oxygens (including phenoxy) is 1. The highest BCUT2D eigenvalue weighted by Crippen LogP contribution is 2.33. The van der Waals surface area contributed by atoms with Crippen LogP contribution in [0.1, 0.15) is 16.1 Å². The Kier molecular flexibility index (Phi) is 5.31. The average Bonchev–Trinajstić information content (AvgIpc) is 2.96. The van der Waals surface area contributed by atoms with Crippen LogP contribution in [0.5, 0.6) is 5.75 Å². The summed E-state index contributed by atoms with van der Waals surface area (Å²) in [5.74, 6) is 0.328. The molecule has 0 radical (unpaired) electrons. The minimum Gasteiger partial charge on any atom is -0.488 e. The average molecular weight is 418 g/mol. The zero-order valence-electron chi connectivity index (χ0n) is 15.0. The molecule has 1 aromatic carbocycles. The van der Waals surface area contributed by atoms with Gasteiger partial charge in [-0.05, 0) is 18.2 Å². The number of aryl methyl sites for hydroxylation is 1. The smallest absolute Gasteiger partial charge is 0.276 e. The van der Waals surface area contributed by atoms with Crippen LogP contribution >= 0.6 is 0 Å². The van der Waals surface area contributed by atoms with E-state index in [1.165, 1.54) is 23.9 Å². The molecule has 1 aliphatic heterocycles. The number of hydrogen-bond donors (Lipinski definition) is 3. The van der Waals surface area contributed by atoms with Crippen molar-refractivity contribution in [2.45, 2.75) is 17.0 Å². The van der Waals surface area contributed by atoms with Crippen LogP contribution in [-0.2, 0) is 17.1 Å². The number of halogens is 1.